The Bertz CT molecular complexity index is 1090. The van der Waals surface area contributed by atoms with Gasteiger partial charge in [0.25, 0.3) is 0 Å². The summed E-state index contributed by atoms with van der Waals surface area (Å²) in [5.41, 5.74) is 2.78. The molecule has 4 rings (SSSR count). The smallest absolute Gasteiger partial charge is 0.340 e. The number of carbonyl (C=O) groups excluding carboxylic acids is 1. The molecule has 0 saturated heterocycles. The van der Waals surface area contributed by atoms with Crippen molar-refractivity contribution in [2.24, 2.45) is 0 Å². The predicted molar refractivity (Wildman–Crippen MR) is 102 cm³/mol. The molecule has 3 aromatic rings. The molecule has 2 aromatic heterocycles. The zero-order valence-corrected chi connectivity index (χ0v) is 15.7. The molecule has 7 heteroatoms. The Kier molecular flexibility index (Phi) is 4.83. The highest BCUT2D eigenvalue weighted by molar-refractivity contribution is 5.87. The second-order valence-electron chi connectivity index (χ2n) is 6.75. The van der Waals surface area contributed by atoms with E-state index in [1.807, 2.05) is 37.3 Å². The van der Waals surface area contributed by atoms with Crippen molar-refractivity contribution in [2.45, 2.75) is 26.4 Å². The number of ether oxygens (including phenoxy) is 2. The van der Waals surface area contributed by atoms with Crippen LogP contribution in [0.15, 0.2) is 45.7 Å². The molecule has 0 spiro atoms. The van der Waals surface area contributed by atoms with Crippen molar-refractivity contribution in [1.29, 1.82) is 0 Å². The fourth-order valence-corrected chi connectivity index (χ4v) is 3.45. The number of benzene rings is 1. The molecule has 0 amide bonds. The maximum Gasteiger partial charge on any atom is 0.340 e. The number of esters is 1. The Morgan fingerprint density at radius 3 is 2.89 bits per heavy atom. The van der Waals surface area contributed by atoms with Gasteiger partial charge in [0.2, 0.25) is 0 Å². The van der Waals surface area contributed by atoms with E-state index >= 15 is 0 Å². The van der Waals surface area contributed by atoms with E-state index in [9.17, 15) is 9.59 Å². The van der Waals surface area contributed by atoms with Crippen LogP contribution in [0.25, 0.3) is 11.0 Å². The van der Waals surface area contributed by atoms with Gasteiger partial charge < -0.3 is 13.9 Å². The first kappa shape index (κ1) is 18.2. The van der Waals surface area contributed by atoms with E-state index in [4.69, 9.17) is 9.15 Å². The number of rotatable bonds is 4. The first-order chi connectivity index (χ1) is 13.6. The molecule has 0 radical (unpaired) electrons. The third kappa shape index (κ3) is 3.36. The van der Waals surface area contributed by atoms with Crippen molar-refractivity contribution >= 4 is 16.9 Å². The molecular weight excluding hydrogens is 360 g/mol. The van der Waals surface area contributed by atoms with Crippen molar-refractivity contribution in [3.8, 4) is 5.75 Å². The molecular formula is C21H20N2O5. The van der Waals surface area contributed by atoms with Crippen LogP contribution in [0.5, 0.6) is 5.75 Å². The zero-order chi connectivity index (χ0) is 19.7. The fraction of sp³-hybridized carbons (Fsp3) is 0.286. The number of methoxy groups -OCH3 is 1. The van der Waals surface area contributed by atoms with Crippen LogP contribution < -0.4 is 10.4 Å². The maximum absolute atomic E-state index is 12.5. The Labute approximate surface area is 161 Å². The van der Waals surface area contributed by atoms with Crippen LogP contribution in [0.1, 0.15) is 22.4 Å². The van der Waals surface area contributed by atoms with E-state index in [1.165, 1.54) is 7.11 Å². The summed E-state index contributed by atoms with van der Waals surface area (Å²) < 4.78 is 16.2. The SMILES string of the molecule is COC(=O)Cc1c(C)c2ccc3c(c2oc1=O)CN(Cc1ccccn1)CO3. The summed E-state index contributed by atoms with van der Waals surface area (Å²) in [4.78, 5) is 30.6. The summed E-state index contributed by atoms with van der Waals surface area (Å²) >= 11 is 0. The molecule has 0 bridgehead atoms. The lowest BCUT2D eigenvalue weighted by Gasteiger charge is -2.29. The number of hydrogen-bond acceptors (Lipinski definition) is 7. The summed E-state index contributed by atoms with van der Waals surface area (Å²) in [6, 6.07) is 9.53. The Morgan fingerprint density at radius 1 is 1.29 bits per heavy atom. The number of hydrogen-bond donors (Lipinski definition) is 0. The van der Waals surface area contributed by atoms with E-state index < -0.39 is 11.6 Å². The fourth-order valence-electron chi connectivity index (χ4n) is 3.45. The van der Waals surface area contributed by atoms with Gasteiger partial charge in [-0.1, -0.05) is 6.07 Å². The highest BCUT2D eigenvalue weighted by atomic mass is 16.5. The monoisotopic (exact) mass is 380 g/mol. The zero-order valence-electron chi connectivity index (χ0n) is 15.7. The quantitative estimate of drug-likeness (QED) is 0.508. The third-order valence-corrected chi connectivity index (χ3v) is 4.96. The molecule has 1 aromatic carbocycles. The van der Waals surface area contributed by atoms with Crippen LogP contribution in [0.3, 0.4) is 0 Å². The molecule has 0 saturated carbocycles. The van der Waals surface area contributed by atoms with Crippen LogP contribution in [0.2, 0.25) is 0 Å². The lowest BCUT2D eigenvalue weighted by Crippen LogP contribution is -2.32. The number of nitrogens with zero attached hydrogens (tertiary/aromatic N) is 2. The second kappa shape index (κ2) is 7.44. The molecule has 0 N–H and O–H groups in total. The highest BCUT2D eigenvalue weighted by Gasteiger charge is 2.24. The van der Waals surface area contributed by atoms with Gasteiger partial charge in [0.05, 0.1) is 30.4 Å². The minimum atomic E-state index is -0.523. The molecule has 1 aliphatic heterocycles. The summed E-state index contributed by atoms with van der Waals surface area (Å²) in [7, 11) is 1.30. The van der Waals surface area contributed by atoms with Crippen LogP contribution in [-0.2, 0) is 29.0 Å². The Hall–Kier alpha value is -3.19. The summed E-state index contributed by atoms with van der Waals surface area (Å²) in [6.07, 6.45) is 1.65. The predicted octanol–water partition coefficient (Wildman–Crippen LogP) is 2.56. The van der Waals surface area contributed by atoms with Gasteiger partial charge in [-0.2, -0.15) is 0 Å². The second-order valence-corrected chi connectivity index (χ2v) is 6.75. The number of fused-ring (bicyclic) bond motifs is 3. The first-order valence-electron chi connectivity index (χ1n) is 8.97. The molecule has 0 unspecified atom stereocenters. The first-order valence-corrected chi connectivity index (χ1v) is 8.97. The van der Waals surface area contributed by atoms with E-state index in [0.29, 0.717) is 36.7 Å². The van der Waals surface area contributed by atoms with Gasteiger partial charge in [0, 0.05) is 24.7 Å². The molecule has 0 fully saturated rings. The minimum Gasteiger partial charge on any atom is -0.478 e. The lowest BCUT2D eigenvalue weighted by molar-refractivity contribution is -0.139. The van der Waals surface area contributed by atoms with Crippen molar-refractivity contribution in [1.82, 2.24) is 9.88 Å². The van der Waals surface area contributed by atoms with Crippen molar-refractivity contribution in [3.05, 3.63) is 69.3 Å². The van der Waals surface area contributed by atoms with Crippen LogP contribution in [-0.4, -0.2) is 29.7 Å². The van der Waals surface area contributed by atoms with Gasteiger partial charge in [-0.3, -0.25) is 14.7 Å². The van der Waals surface area contributed by atoms with Gasteiger partial charge in [0.1, 0.15) is 18.1 Å². The highest BCUT2D eigenvalue weighted by Crippen LogP contribution is 2.34. The topological polar surface area (TPSA) is 81.9 Å². The van der Waals surface area contributed by atoms with Gasteiger partial charge in [-0.25, -0.2) is 4.79 Å². The molecule has 7 nitrogen and oxygen atoms in total. The average Bonchev–Trinajstić information content (AvgIpc) is 2.71. The van der Waals surface area contributed by atoms with Gasteiger partial charge in [-0.05, 0) is 36.8 Å². The average molecular weight is 380 g/mol. The molecule has 0 aliphatic carbocycles. The van der Waals surface area contributed by atoms with E-state index in [2.05, 4.69) is 14.6 Å². The van der Waals surface area contributed by atoms with Gasteiger partial charge in [0.15, 0.2) is 0 Å². The molecule has 3 heterocycles. The maximum atomic E-state index is 12.5. The van der Waals surface area contributed by atoms with Gasteiger partial charge in [-0.15, -0.1) is 0 Å². The minimum absolute atomic E-state index is 0.111. The number of aromatic nitrogens is 1. The largest absolute Gasteiger partial charge is 0.478 e. The van der Waals surface area contributed by atoms with E-state index in [1.54, 1.807) is 6.20 Å². The van der Waals surface area contributed by atoms with Crippen molar-refractivity contribution < 1.29 is 18.7 Å². The molecule has 0 atom stereocenters. The van der Waals surface area contributed by atoms with Gasteiger partial charge >= 0.3 is 11.6 Å². The standard InChI is InChI=1S/C21H20N2O5/c1-13-15-6-7-18-17(20(15)28-21(25)16(13)9-19(24)26-2)11-23(12-27-18)10-14-5-3-4-8-22-14/h3-8H,9-12H2,1-2H3. The van der Waals surface area contributed by atoms with Crippen LogP contribution >= 0.6 is 0 Å². The van der Waals surface area contributed by atoms with Crippen LogP contribution in [0, 0.1) is 6.92 Å². The summed E-state index contributed by atoms with van der Waals surface area (Å²) in [5.74, 6) is 0.227. The third-order valence-electron chi connectivity index (χ3n) is 4.96. The van der Waals surface area contributed by atoms with Crippen LogP contribution in [0.4, 0.5) is 0 Å². The Balaban J connectivity index is 1.72. The number of carbonyl (C=O) groups is 1. The lowest BCUT2D eigenvalue weighted by atomic mass is 10.0. The van der Waals surface area contributed by atoms with Crippen molar-refractivity contribution in [2.75, 3.05) is 13.8 Å². The summed E-state index contributed by atoms with van der Waals surface area (Å²) in [5, 5.41) is 0.792. The molecule has 144 valence electrons. The number of pyridine rings is 1. The molecule has 1 aliphatic rings. The van der Waals surface area contributed by atoms with Crippen molar-refractivity contribution in [3.63, 3.8) is 0 Å². The van der Waals surface area contributed by atoms with E-state index in [-0.39, 0.29) is 6.42 Å². The normalized spacial score (nSPS) is 13.8. The summed E-state index contributed by atoms with van der Waals surface area (Å²) in [6.45, 7) is 3.44. The Morgan fingerprint density at radius 2 is 2.14 bits per heavy atom. The number of aryl methyl sites for hydroxylation is 1. The van der Waals surface area contributed by atoms with E-state index in [0.717, 1.165) is 22.2 Å². The molecule has 28 heavy (non-hydrogen) atoms.